The van der Waals surface area contributed by atoms with Gasteiger partial charge in [0.2, 0.25) is 0 Å². The maximum absolute atomic E-state index is 3.67. The van der Waals surface area contributed by atoms with Gasteiger partial charge >= 0.3 is 0 Å². The van der Waals surface area contributed by atoms with Gasteiger partial charge in [-0.1, -0.05) is 24.3 Å². The van der Waals surface area contributed by atoms with E-state index in [2.05, 4.69) is 84.5 Å². The molecule has 0 aliphatic rings. The van der Waals surface area contributed by atoms with Crippen LogP contribution in [0.25, 0.3) is 10.1 Å². The Bertz CT molecular complexity index is 735. The standard InChI is InChI=1S/C18H18BrNS/c1-11-8-12(2)18(15(19)9-11)20-13(3)17-10-14-6-4-5-7-16(14)21-17/h4-10,13,20H,1-3H3. The van der Waals surface area contributed by atoms with Gasteiger partial charge in [-0.2, -0.15) is 0 Å². The van der Waals surface area contributed by atoms with Gasteiger partial charge in [-0.05, 0) is 71.4 Å². The average Bonchev–Trinajstić information content (AvgIpc) is 2.86. The molecule has 0 aliphatic heterocycles. The third-order valence-corrected chi connectivity index (χ3v) is 5.59. The molecule has 108 valence electrons. The van der Waals surface area contributed by atoms with Gasteiger partial charge in [0.25, 0.3) is 0 Å². The predicted molar refractivity (Wildman–Crippen MR) is 97.5 cm³/mol. The lowest BCUT2D eigenvalue weighted by molar-refractivity contribution is 0.904. The van der Waals surface area contributed by atoms with Crippen molar-refractivity contribution in [1.82, 2.24) is 0 Å². The van der Waals surface area contributed by atoms with Gasteiger partial charge in [-0.25, -0.2) is 0 Å². The van der Waals surface area contributed by atoms with Crippen molar-refractivity contribution in [1.29, 1.82) is 0 Å². The number of halogens is 1. The van der Waals surface area contributed by atoms with Gasteiger partial charge in [0.05, 0.1) is 11.7 Å². The number of benzene rings is 2. The van der Waals surface area contributed by atoms with Crippen molar-refractivity contribution in [3.05, 3.63) is 62.9 Å². The number of thiophene rings is 1. The van der Waals surface area contributed by atoms with Crippen LogP contribution in [0.3, 0.4) is 0 Å². The number of hydrogen-bond donors (Lipinski definition) is 1. The quantitative estimate of drug-likeness (QED) is 0.566. The summed E-state index contributed by atoms with van der Waals surface area (Å²) in [5.41, 5.74) is 3.74. The molecule has 0 fully saturated rings. The van der Waals surface area contributed by atoms with Crippen LogP contribution >= 0.6 is 27.3 Å². The lowest BCUT2D eigenvalue weighted by atomic mass is 10.1. The van der Waals surface area contributed by atoms with Gasteiger partial charge in [0.1, 0.15) is 0 Å². The van der Waals surface area contributed by atoms with Crippen molar-refractivity contribution >= 4 is 43.0 Å². The summed E-state index contributed by atoms with van der Waals surface area (Å²) >= 11 is 5.54. The molecule has 2 aromatic carbocycles. The molecule has 0 spiro atoms. The summed E-state index contributed by atoms with van der Waals surface area (Å²) in [6.07, 6.45) is 0. The minimum absolute atomic E-state index is 0.292. The van der Waals surface area contributed by atoms with Crippen LogP contribution in [0.15, 0.2) is 46.9 Å². The van der Waals surface area contributed by atoms with E-state index in [-0.39, 0.29) is 0 Å². The largest absolute Gasteiger partial charge is 0.377 e. The van der Waals surface area contributed by atoms with Gasteiger partial charge < -0.3 is 5.32 Å². The number of anilines is 1. The van der Waals surface area contributed by atoms with Crippen LogP contribution in [0.4, 0.5) is 5.69 Å². The van der Waals surface area contributed by atoms with Crippen LogP contribution in [0.1, 0.15) is 29.0 Å². The highest BCUT2D eigenvalue weighted by molar-refractivity contribution is 9.10. The summed E-state index contributed by atoms with van der Waals surface area (Å²) in [5, 5.41) is 4.97. The Balaban J connectivity index is 1.91. The molecule has 0 saturated carbocycles. The molecule has 1 N–H and O–H groups in total. The monoisotopic (exact) mass is 359 g/mol. The Labute approximate surface area is 138 Å². The Hall–Kier alpha value is -1.32. The lowest BCUT2D eigenvalue weighted by Gasteiger charge is -2.18. The van der Waals surface area contributed by atoms with E-state index in [1.165, 1.54) is 31.8 Å². The third-order valence-electron chi connectivity index (χ3n) is 3.66. The van der Waals surface area contributed by atoms with E-state index in [0.717, 1.165) is 4.47 Å². The van der Waals surface area contributed by atoms with Gasteiger partial charge in [-0.15, -0.1) is 11.3 Å². The normalized spacial score (nSPS) is 12.6. The Morgan fingerprint density at radius 3 is 2.57 bits per heavy atom. The molecule has 0 saturated heterocycles. The number of rotatable bonds is 3. The number of nitrogens with one attached hydrogen (secondary N) is 1. The van der Waals surface area contributed by atoms with E-state index in [1.807, 2.05) is 11.3 Å². The second-order valence-corrected chi connectivity index (χ2v) is 7.46. The molecule has 1 unspecified atom stereocenters. The first-order valence-corrected chi connectivity index (χ1v) is 8.67. The van der Waals surface area contributed by atoms with E-state index in [1.54, 1.807) is 0 Å². The molecule has 3 rings (SSSR count). The van der Waals surface area contributed by atoms with Crippen molar-refractivity contribution in [2.75, 3.05) is 5.32 Å². The lowest BCUT2D eigenvalue weighted by Crippen LogP contribution is -2.07. The number of aryl methyl sites for hydroxylation is 2. The molecular weight excluding hydrogens is 342 g/mol. The van der Waals surface area contributed by atoms with Crippen molar-refractivity contribution < 1.29 is 0 Å². The predicted octanol–water partition coefficient (Wildman–Crippen LogP) is 6.45. The van der Waals surface area contributed by atoms with Gasteiger partial charge in [0.15, 0.2) is 0 Å². The fraction of sp³-hybridized carbons (Fsp3) is 0.222. The highest BCUT2D eigenvalue weighted by Crippen LogP contribution is 2.34. The highest BCUT2D eigenvalue weighted by Gasteiger charge is 2.12. The van der Waals surface area contributed by atoms with Crippen molar-refractivity contribution in [2.45, 2.75) is 26.8 Å². The summed E-state index contributed by atoms with van der Waals surface area (Å²) in [6, 6.07) is 15.5. The third kappa shape index (κ3) is 2.99. The van der Waals surface area contributed by atoms with E-state index in [4.69, 9.17) is 0 Å². The summed E-state index contributed by atoms with van der Waals surface area (Å²) in [4.78, 5) is 1.36. The molecular formula is C18H18BrNS. The van der Waals surface area contributed by atoms with E-state index >= 15 is 0 Å². The summed E-state index contributed by atoms with van der Waals surface area (Å²) in [6.45, 7) is 6.49. The van der Waals surface area contributed by atoms with Crippen LogP contribution in [0.5, 0.6) is 0 Å². The first kappa shape index (κ1) is 14.6. The van der Waals surface area contributed by atoms with Gasteiger partial charge in [0, 0.05) is 14.0 Å². The molecule has 1 nitrogen and oxygen atoms in total. The van der Waals surface area contributed by atoms with Crippen LogP contribution in [0, 0.1) is 13.8 Å². The summed E-state index contributed by atoms with van der Waals surface area (Å²) in [7, 11) is 0. The summed E-state index contributed by atoms with van der Waals surface area (Å²) < 4.78 is 2.48. The highest BCUT2D eigenvalue weighted by atomic mass is 79.9. The first-order chi connectivity index (χ1) is 10.0. The van der Waals surface area contributed by atoms with Crippen LogP contribution in [-0.2, 0) is 0 Å². The molecule has 1 heterocycles. The minimum atomic E-state index is 0.292. The van der Waals surface area contributed by atoms with E-state index < -0.39 is 0 Å². The fourth-order valence-corrected chi connectivity index (χ4v) is 4.46. The molecule has 0 amide bonds. The molecule has 0 bridgehead atoms. The topological polar surface area (TPSA) is 12.0 Å². The van der Waals surface area contributed by atoms with Crippen LogP contribution < -0.4 is 5.32 Å². The Morgan fingerprint density at radius 1 is 1.10 bits per heavy atom. The van der Waals surface area contributed by atoms with Crippen molar-refractivity contribution in [2.24, 2.45) is 0 Å². The fourth-order valence-electron chi connectivity index (χ4n) is 2.60. The Kier molecular flexibility index (Phi) is 4.05. The number of fused-ring (bicyclic) bond motifs is 1. The Morgan fingerprint density at radius 2 is 1.86 bits per heavy atom. The van der Waals surface area contributed by atoms with Crippen LogP contribution in [-0.4, -0.2) is 0 Å². The second-order valence-electron chi connectivity index (χ2n) is 5.49. The zero-order valence-electron chi connectivity index (χ0n) is 12.4. The molecule has 0 aliphatic carbocycles. The first-order valence-electron chi connectivity index (χ1n) is 7.06. The zero-order chi connectivity index (χ0) is 15.0. The zero-order valence-corrected chi connectivity index (χ0v) is 14.8. The maximum atomic E-state index is 3.67. The molecule has 3 aromatic rings. The number of hydrogen-bond acceptors (Lipinski definition) is 2. The van der Waals surface area contributed by atoms with E-state index in [0.29, 0.717) is 6.04 Å². The molecule has 21 heavy (non-hydrogen) atoms. The van der Waals surface area contributed by atoms with Gasteiger partial charge in [-0.3, -0.25) is 0 Å². The molecule has 3 heteroatoms. The van der Waals surface area contributed by atoms with Crippen molar-refractivity contribution in [3.8, 4) is 0 Å². The summed E-state index contributed by atoms with van der Waals surface area (Å²) in [5.74, 6) is 0. The van der Waals surface area contributed by atoms with E-state index in [9.17, 15) is 0 Å². The average molecular weight is 360 g/mol. The smallest absolute Gasteiger partial charge is 0.0579 e. The van der Waals surface area contributed by atoms with Crippen LogP contribution in [0.2, 0.25) is 0 Å². The molecule has 1 atom stereocenters. The SMILES string of the molecule is Cc1cc(C)c(NC(C)c2cc3ccccc3s2)c(Br)c1. The maximum Gasteiger partial charge on any atom is 0.0579 e. The molecule has 1 aromatic heterocycles. The minimum Gasteiger partial charge on any atom is -0.377 e. The second kappa shape index (κ2) is 5.82. The van der Waals surface area contributed by atoms with Crippen molar-refractivity contribution in [3.63, 3.8) is 0 Å². The molecule has 0 radical (unpaired) electrons.